The first-order chi connectivity index (χ1) is 8.16. The molecule has 2 rings (SSSR count). The summed E-state index contributed by atoms with van der Waals surface area (Å²) < 4.78 is 1.00. The number of halogens is 1. The highest BCUT2D eigenvalue weighted by Crippen LogP contribution is 2.20. The molecule has 0 N–H and O–H groups in total. The zero-order chi connectivity index (χ0) is 12.3. The van der Waals surface area contributed by atoms with Gasteiger partial charge in [-0.05, 0) is 24.1 Å². The van der Waals surface area contributed by atoms with E-state index in [4.69, 9.17) is 0 Å². The summed E-state index contributed by atoms with van der Waals surface area (Å²) in [7, 11) is 0. The van der Waals surface area contributed by atoms with Crippen molar-refractivity contribution < 1.29 is 4.79 Å². The molecular formula is C15H13BrO. The molecule has 86 valence electrons. The predicted octanol–water partition coefficient (Wildman–Crippen LogP) is 4.18. The van der Waals surface area contributed by atoms with Crippen molar-refractivity contribution in [3.05, 3.63) is 69.7 Å². The molecule has 0 aliphatic heterocycles. The Morgan fingerprint density at radius 1 is 1.12 bits per heavy atom. The van der Waals surface area contributed by atoms with Crippen molar-refractivity contribution in [1.82, 2.24) is 0 Å². The molecule has 2 aromatic carbocycles. The van der Waals surface area contributed by atoms with Gasteiger partial charge in [-0.25, -0.2) is 0 Å². The molecule has 0 aliphatic rings. The lowest BCUT2D eigenvalue weighted by Crippen LogP contribution is -2.03. The van der Waals surface area contributed by atoms with Gasteiger partial charge in [-0.3, -0.25) is 4.79 Å². The van der Waals surface area contributed by atoms with E-state index in [0.29, 0.717) is 6.42 Å². The highest BCUT2D eigenvalue weighted by atomic mass is 79.9. The van der Waals surface area contributed by atoms with Crippen LogP contribution in [0.25, 0.3) is 0 Å². The summed E-state index contributed by atoms with van der Waals surface area (Å²) in [5, 5.41) is 0. The second-order valence-electron chi connectivity index (χ2n) is 4.06. The standard InChI is InChI=1S/C15H13BrO/c1-11-7-8-13(14(16)9-11)10-15(17)12-5-3-2-4-6-12/h2-9H,10H2,1H3. The first kappa shape index (κ1) is 12.1. The molecule has 17 heavy (non-hydrogen) atoms. The van der Waals surface area contributed by atoms with Crippen molar-refractivity contribution in [2.75, 3.05) is 0 Å². The number of rotatable bonds is 3. The Morgan fingerprint density at radius 3 is 2.47 bits per heavy atom. The van der Waals surface area contributed by atoms with Gasteiger partial charge in [0.2, 0.25) is 0 Å². The van der Waals surface area contributed by atoms with Gasteiger partial charge in [0.15, 0.2) is 5.78 Å². The lowest BCUT2D eigenvalue weighted by molar-refractivity contribution is 0.0993. The van der Waals surface area contributed by atoms with Crippen LogP contribution in [0, 0.1) is 6.92 Å². The smallest absolute Gasteiger partial charge is 0.167 e. The lowest BCUT2D eigenvalue weighted by atomic mass is 10.0. The number of ketones is 1. The van der Waals surface area contributed by atoms with Crippen molar-refractivity contribution in [3.63, 3.8) is 0 Å². The summed E-state index contributed by atoms with van der Waals surface area (Å²) in [6.07, 6.45) is 0.435. The molecular weight excluding hydrogens is 276 g/mol. The van der Waals surface area contributed by atoms with Crippen LogP contribution >= 0.6 is 15.9 Å². The molecule has 0 saturated heterocycles. The third kappa shape index (κ3) is 3.04. The molecule has 0 heterocycles. The molecule has 0 bridgehead atoms. The molecule has 0 amide bonds. The van der Waals surface area contributed by atoms with Gasteiger partial charge < -0.3 is 0 Å². The average molecular weight is 289 g/mol. The third-order valence-electron chi connectivity index (χ3n) is 2.66. The van der Waals surface area contributed by atoms with E-state index in [9.17, 15) is 4.79 Å². The van der Waals surface area contributed by atoms with E-state index >= 15 is 0 Å². The second-order valence-corrected chi connectivity index (χ2v) is 4.92. The van der Waals surface area contributed by atoms with Gasteiger partial charge in [0.25, 0.3) is 0 Å². The summed E-state index contributed by atoms with van der Waals surface area (Å²) in [5.41, 5.74) is 2.98. The topological polar surface area (TPSA) is 17.1 Å². The van der Waals surface area contributed by atoms with Gasteiger partial charge in [0, 0.05) is 16.5 Å². The molecule has 0 saturated carbocycles. The lowest BCUT2D eigenvalue weighted by Gasteiger charge is -2.05. The quantitative estimate of drug-likeness (QED) is 0.775. The fourth-order valence-electron chi connectivity index (χ4n) is 1.69. The normalized spacial score (nSPS) is 10.2. The van der Waals surface area contributed by atoms with E-state index in [1.165, 1.54) is 5.56 Å². The third-order valence-corrected chi connectivity index (χ3v) is 3.39. The van der Waals surface area contributed by atoms with Crippen LogP contribution in [0.1, 0.15) is 21.5 Å². The molecule has 0 aromatic heterocycles. The van der Waals surface area contributed by atoms with Crippen molar-refractivity contribution in [2.45, 2.75) is 13.3 Å². The highest BCUT2D eigenvalue weighted by Gasteiger charge is 2.08. The zero-order valence-corrected chi connectivity index (χ0v) is 11.2. The van der Waals surface area contributed by atoms with Crippen molar-refractivity contribution >= 4 is 21.7 Å². The van der Waals surface area contributed by atoms with Gasteiger partial charge >= 0.3 is 0 Å². The van der Waals surface area contributed by atoms with Crippen molar-refractivity contribution in [2.24, 2.45) is 0 Å². The maximum Gasteiger partial charge on any atom is 0.167 e. The van der Waals surface area contributed by atoms with Crippen LogP contribution in [0.15, 0.2) is 53.0 Å². The Bertz CT molecular complexity index is 532. The number of aryl methyl sites for hydroxylation is 1. The molecule has 0 atom stereocenters. The van der Waals surface area contributed by atoms with Gasteiger partial charge in [0.1, 0.15) is 0 Å². The zero-order valence-electron chi connectivity index (χ0n) is 9.61. The van der Waals surface area contributed by atoms with Crippen molar-refractivity contribution in [3.8, 4) is 0 Å². The molecule has 0 spiro atoms. The molecule has 0 unspecified atom stereocenters. The van der Waals surface area contributed by atoms with Crippen LogP contribution < -0.4 is 0 Å². The Labute approximate surface area is 110 Å². The number of hydrogen-bond donors (Lipinski definition) is 0. The predicted molar refractivity (Wildman–Crippen MR) is 73.4 cm³/mol. The Kier molecular flexibility index (Phi) is 3.75. The number of carbonyl (C=O) groups excluding carboxylic acids is 1. The fraction of sp³-hybridized carbons (Fsp3) is 0.133. The van der Waals surface area contributed by atoms with Gasteiger partial charge in [-0.15, -0.1) is 0 Å². The Hall–Kier alpha value is -1.41. The molecule has 0 fully saturated rings. The monoisotopic (exact) mass is 288 g/mol. The van der Waals surface area contributed by atoms with Crippen LogP contribution in [0.5, 0.6) is 0 Å². The van der Waals surface area contributed by atoms with E-state index in [1.54, 1.807) is 0 Å². The van der Waals surface area contributed by atoms with Crippen LogP contribution in [-0.4, -0.2) is 5.78 Å². The van der Waals surface area contributed by atoms with Crippen LogP contribution in [-0.2, 0) is 6.42 Å². The molecule has 1 nitrogen and oxygen atoms in total. The van der Waals surface area contributed by atoms with Crippen molar-refractivity contribution in [1.29, 1.82) is 0 Å². The van der Waals surface area contributed by atoms with E-state index in [-0.39, 0.29) is 5.78 Å². The minimum atomic E-state index is 0.148. The summed E-state index contributed by atoms with van der Waals surface area (Å²) in [6.45, 7) is 2.04. The molecule has 0 aliphatic carbocycles. The van der Waals surface area contributed by atoms with E-state index < -0.39 is 0 Å². The van der Waals surface area contributed by atoms with E-state index in [2.05, 4.69) is 15.9 Å². The number of carbonyl (C=O) groups is 1. The second kappa shape index (κ2) is 5.28. The van der Waals surface area contributed by atoms with E-state index in [1.807, 2.05) is 55.5 Å². The summed E-state index contributed by atoms with van der Waals surface area (Å²) >= 11 is 3.50. The maximum atomic E-state index is 12.0. The van der Waals surface area contributed by atoms with Gasteiger partial charge in [0.05, 0.1) is 0 Å². The summed E-state index contributed by atoms with van der Waals surface area (Å²) in [4.78, 5) is 12.0. The van der Waals surface area contributed by atoms with Gasteiger partial charge in [-0.2, -0.15) is 0 Å². The average Bonchev–Trinajstić information content (AvgIpc) is 2.34. The SMILES string of the molecule is Cc1ccc(CC(=O)c2ccccc2)c(Br)c1. The molecule has 2 heteroatoms. The maximum absolute atomic E-state index is 12.0. The summed E-state index contributed by atoms with van der Waals surface area (Å²) in [6, 6.07) is 15.5. The van der Waals surface area contributed by atoms with Crippen LogP contribution in [0.4, 0.5) is 0 Å². The van der Waals surface area contributed by atoms with E-state index in [0.717, 1.165) is 15.6 Å². The first-order valence-electron chi connectivity index (χ1n) is 5.50. The number of Topliss-reactive ketones (excluding diaryl/α,β-unsaturated/α-hetero) is 1. The number of hydrogen-bond acceptors (Lipinski definition) is 1. The van der Waals surface area contributed by atoms with Crippen LogP contribution in [0.3, 0.4) is 0 Å². The van der Waals surface area contributed by atoms with Crippen LogP contribution in [0.2, 0.25) is 0 Å². The minimum Gasteiger partial charge on any atom is -0.294 e. The van der Waals surface area contributed by atoms with Gasteiger partial charge in [-0.1, -0.05) is 58.4 Å². The largest absolute Gasteiger partial charge is 0.294 e. The fourth-order valence-corrected chi connectivity index (χ4v) is 2.33. The Balaban J connectivity index is 2.19. The molecule has 2 aromatic rings. The minimum absolute atomic E-state index is 0.148. The molecule has 0 radical (unpaired) electrons. The first-order valence-corrected chi connectivity index (χ1v) is 6.29. The number of benzene rings is 2. The highest BCUT2D eigenvalue weighted by molar-refractivity contribution is 9.10. The Morgan fingerprint density at radius 2 is 1.82 bits per heavy atom. The summed E-state index contributed by atoms with van der Waals surface area (Å²) in [5.74, 6) is 0.148.